The highest BCUT2D eigenvalue weighted by Gasteiger charge is 2.30. The van der Waals surface area contributed by atoms with Gasteiger partial charge in [-0.2, -0.15) is 0 Å². The molecule has 5 atom stereocenters. The number of carbonyl (C=O) groups is 4. The second-order valence-corrected chi connectivity index (χ2v) is 30.9. The Morgan fingerprint density at radius 3 is 0.796 bits per heavy atom. The van der Waals surface area contributed by atoms with Crippen molar-refractivity contribution >= 4 is 39.5 Å². The minimum Gasteiger partial charge on any atom is -0.462 e. The van der Waals surface area contributed by atoms with Crippen molar-refractivity contribution in [2.45, 2.75) is 367 Å². The third-order valence-electron chi connectivity index (χ3n) is 17.6. The molecule has 0 saturated carbocycles. The van der Waals surface area contributed by atoms with E-state index >= 15 is 0 Å². The summed E-state index contributed by atoms with van der Waals surface area (Å²) >= 11 is 0. The van der Waals surface area contributed by atoms with Crippen LogP contribution in [0, 0.1) is 0 Å². The summed E-state index contributed by atoms with van der Waals surface area (Å²) in [4.78, 5) is 73.2. The molecule has 0 spiro atoms. The molecular formula is C89H152O17P2. The van der Waals surface area contributed by atoms with Crippen molar-refractivity contribution in [2.24, 2.45) is 0 Å². The van der Waals surface area contributed by atoms with E-state index in [4.69, 9.17) is 37.0 Å². The van der Waals surface area contributed by atoms with Gasteiger partial charge in [0, 0.05) is 25.7 Å². The third-order valence-corrected chi connectivity index (χ3v) is 19.5. The van der Waals surface area contributed by atoms with Gasteiger partial charge in [0.15, 0.2) is 12.2 Å². The number of hydrogen-bond acceptors (Lipinski definition) is 15. The van der Waals surface area contributed by atoms with Gasteiger partial charge in [-0.25, -0.2) is 9.13 Å². The molecule has 0 aromatic carbocycles. The van der Waals surface area contributed by atoms with Crippen molar-refractivity contribution in [3.8, 4) is 0 Å². The molecule has 0 aromatic heterocycles. The van der Waals surface area contributed by atoms with Crippen LogP contribution in [0.3, 0.4) is 0 Å². The van der Waals surface area contributed by atoms with Gasteiger partial charge in [-0.05, 0) is 135 Å². The van der Waals surface area contributed by atoms with Gasteiger partial charge in [-0.1, -0.05) is 322 Å². The molecule has 5 unspecified atom stereocenters. The second kappa shape index (κ2) is 80.3. The number of aliphatic hydroxyl groups is 1. The zero-order valence-electron chi connectivity index (χ0n) is 68.0. The number of esters is 4. The van der Waals surface area contributed by atoms with E-state index in [2.05, 4.69) is 149 Å². The van der Waals surface area contributed by atoms with Gasteiger partial charge in [0.25, 0.3) is 0 Å². The molecule has 17 nitrogen and oxygen atoms in total. The highest BCUT2D eigenvalue weighted by Crippen LogP contribution is 2.45. The molecule has 0 aliphatic heterocycles. The van der Waals surface area contributed by atoms with Gasteiger partial charge in [0.1, 0.15) is 19.3 Å². The molecule has 19 heteroatoms. The number of ether oxygens (including phenoxy) is 4. The summed E-state index contributed by atoms with van der Waals surface area (Å²) < 4.78 is 68.7. The van der Waals surface area contributed by atoms with E-state index in [1.54, 1.807) is 0 Å². The van der Waals surface area contributed by atoms with Crippen LogP contribution in [0.25, 0.3) is 0 Å². The van der Waals surface area contributed by atoms with Crippen LogP contribution in [0.15, 0.2) is 134 Å². The molecule has 3 N–H and O–H groups in total. The topological polar surface area (TPSA) is 237 Å². The highest BCUT2D eigenvalue weighted by atomic mass is 31.2. The van der Waals surface area contributed by atoms with Crippen molar-refractivity contribution < 1.29 is 80.2 Å². The first-order valence-electron chi connectivity index (χ1n) is 42.4. The van der Waals surface area contributed by atoms with Gasteiger partial charge >= 0.3 is 39.5 Å². The molecule has 0 saturated heterocycles. The van der Waals surface area contributed by atoms with Crippen LogP contribution in [0.5, 0.6) is 0 Å². The quantitative estimate of drug-likeness (QED) is 0.0169. The van der Waals surface area contributed by atoms with Crippen molar-refractivity contribution in [3.05, 3.63) is 134 Å². The summed E-state index contributed by atoms with van der Waals surface area (Å²) in [5, 5.41) is 10.7. The first-order chi connectivity index (χ1) is 52.7. The van der Waals surface area contributed by atoms with E-state index in [1.807, 2.05) is 12.2 Å². The molecular weight excluding hydrogens is 1400 g/mol. The normalized spacial score (nSPS) is 14.5. The van der Waals surface area contributed by atoms with E-state index in [1.165, 1.54) is 83.5 Å². The zero-order valence-corrected chi connectivity index (χ0v) is 69.8. The predicted octanol–water partition coefficient (Wildman–Crippen LogP) is 25.2. The Morgan fingerprint density at radius 1 is 0.269 bits per heavy atom. The fourth-order valence-corrected chi connectivity index (χ4v) is 12.8. The van der Waals surface area contributed by atoms with Gasteiger partial charge in [0.2, 0.25) is 0 Å². The zero-order chi connectivity index (χ0) is 78.9. The Labute approximate surface area is 656 Å². The third kappa shape index (κ3) is 79.3. The maximum atomic E-state index is 13.1. The highest BCUT2D eigenvalue weighted by molar-refractivity contribution is 7.47. The second-order valence-electron chi connectivity index (χ2n) is 28.0. The number of unbranched alkanes of at least 4 members (excludes halogenated alkanes) is 31. The van der Waals surface area contributed by atoms with Crippen LogP contribution in [-0.4, -0.2) is 96.7 Å². The molecule has 0 amide bonds. The van der Waals surface area contributed by atoms with Crippen LogP contribution in [-0.2, 0) is 65.4 Å². The monoisotopic (exact) mass is 1560 g/mol. The Hall–Kier alpha value is -4.80. The Balaban J connectivity index is 5.42. The first kappa shape index (κ1) is 103. The van der Waals surface area contributed by atoms with Gasteiger partial charge in [0.05, 0.1) is 26.4 Å². The summed E-state index contributed by atoms with van der Waals surface area (Å²) in [5.41, 5.74) is 0. The summed E-state index contributed by atoms with van der Waals surface area (Å²) in [6.07, 6.45) is 91.3. The van der Waals surface area contributed by atoms with Crippen LogP contribution in [0.1, 0.15) is 349 Å². The SMILES string of the molecule is CC/C=C\C/C=C\C/C=C\C/C=C\C/C=C\CCCC(=O)OCC(COP(=O)(O)OCC(O)COP(=O)(O)OCC(COC(=O)CCCCCCCC/C=C\C/C=C\C/C=C\CCCCC)OC(=O)CCCCCCCCCCCCCCCCC)OC(=O)CCCCCCCCC/C=C\C/C=C\C/C=C\CC. The first-order valence-corrected chi connectivity index (χ1v) is 45.4. The number of allylic oxidation sites excluding steroid dienone is 22. The van der Waals surface area contributed by atoms with Crippen LogP contribution in [0.2, 0.25) is 0 Å². The largest absolute Gasteiger partial charge is 0.472 e. The predicted molar refractivity (Wildman–Crippen MR) is 445 cm³/mol. The van der Waals surface area contributed by atoms with E-state index in [0.29, 0.717) is 32.1 Å². The van der Waals surface area contributed by atoms with Crippen LogP contribution < -0.4 is 0 Å². The summed E-state index contributed by atoms with van der Waals surface area (Å²) in [6.45, 7) is 4.58. The maximum absolute atomic E-state index is 13.1. The fraction of sp³-hybridized carbons (Fsp3) is 0.708. The molecule has 108 heavy (non-hydrogen) atoms. The van der Waals surface area contributed by atoms with E-state index < -0.39 is 97.5 Å². The Morgan fingerprint density at radius 2 is 0.491 bits per heavy atom. The summed E-state index contributed by atoms with van der Waals surface area (Å²) in [6, 6.07) is 0. The average molecular weight is 1560 g/mol. The number of carbonyl (C=O) groups excluding carboxylic acids is 4. The average Bonchev–Trinajstić information content (AvgIpc) is 0.901. The van der Waals surface area contributed by atoms with Gasteiger partial charge < -0.3 is 33.8 Å². The van der Waals surface area contributed by atoms with Crippen LogP contribution >= 0.6 is 15.6 Å². The van der Waals surface area contributed by atoms with Crippen molar-refractivity contribution in [2.75, 3.05) is 39.6 Å². The molecule has 0 bridgehead atoms. The molecule has 0 heterocycles. The number of phosphoric ester groups is 2. The van der Waals surface area contributed by atoms with Crippen molar-refractivity contribution in [1.29, 1.82) is 0 Å². The standard InChI is InChI=1S/C89H152O17P2/c1-5-9-13-17-21-25-29-33-37-40-41-44-47-50-54-58-62-66-70-74-87(92)100-79-84(105-88(93)75-71-67-63-59-55-51-45-36-32-28-24-20-16-12-8-4)81-103-107(95,96)101-77-83(90)78-102-108(97,98)104-82-85(106-89(94)76-72-68-64-60-56-52-48-43-39-35-31-27-23-19-15-11-7-3)80-99-86(91)73-69-65-61-57-53-49-46-42-38-34-30-26-22-18-14-10-6-2/h10-11,14-15,21-23,25-27,33-35,37-39,41,44,46,49,57,61,83-85,90H,5-9,12-13,16-20,24,28-32,36,40,42-43,45,47-48,50-56,58-60,62-82H2,1-4H3,(H,95,96)(H,97,98)/b14-10-,15-11-,25-21-,26-22-,27-23-,37-33-,38-34-,39-35-,44-41-,49-46-,61-57-. The molecule has 0 radical (unpaired) electrons. The van der Waals surface area contributed by atoms with Crippen molar-refractivity contribution in [1.82, 2.24) is 0 Å². The van der Waals surface area contributed by atoms with E-state index in [9.17, 15) is 43.2 Å². The summed E-state index contributed by atoms with van der Waals surface area (Å²) in [7, 11) is -9.99. The molecule has 0 fully saturated rings. The lowest BCUT2D eigenvalue weighted by molar-refractivity contribution is -0.161. The van der Waals surface area contributed by atoms with Gasteiger partial charge in [-0.3, -0.25) is 37.3 Å². The van der Waals surface area contributed by atoms with Gasteiger partial charge in [-0.15, -0.1) is 0 Å². The lowest BCUT2D eigenvalue weighted by atomic mass is 10.0. The molecule has 0 aromatic rings. The Kier molecular flexibility index (Phi) is 76.7. The van der Waals surface area contributed by atoms with Crippen molar-refractivity contribution in [3.63, 3.8) is 0 Å². The lowest BCUT2D eigenvalue weighted by Gasteiger charge is -2.21. The van der Waals surface area contributed by atoms with Crippen LogP contribution in [0.4, 0.5) is 0 Å². The minimum absolute atomic E-state index is 0.0686. The molecule has 0 rings (SSSR count). The lowest BCUT2D eigenvalue weighted by Crippen LogP contribution is -2.30. The fourth-order valence-electron chi connectivity index (χ4n) is 11.2. The maximum Gasteiger partial charge on any atom is 0.472 e. The number of aliphatic hydroxyl groups excluding tert-OH is 1. The number of phosphoric acid groups is 2. The minimum atomic E-state index is -5.00. The van der Waals surface area contributed by atoms with E-state index in [-0.39, 0.29) is 25.7 Å². The molecule has 0 aliphatic rings. The molecule has 0 aliphatic carbocycles. The van der Waals surface area contributed by atoms with E-state index in [0.717, 1.165) is 180 Å². The molecule has 620 valence electrons. The smallest absolute Gasteiger partial charge is 0.462 e. The summed E-state index contributed by atoms with van der Waals surface area (Å²) in [5.74, 6) is -2.25. The number of hydrogen-bond donors (Lipinski definition) is 3. The number of rotatable bonds is 79. The Bertz CT molecular complexity index is 2560.